The van der Waals surface area contributed by atoms with Gasteiger partial charge in [0, 0.05) is 11.8 Å². The largest absolute Gasteiger partial charge is 0.493 e. The van der Waals surface area contributed by atoms with Gasteiger partial charge in [-0.05, 0) is 37.3 Å². The molecule has 0 bridgehead atoms. The number of hydrogen-bond donors (Lipinski definition) is 1. The van der Waals surface area contributed by atoms with Crippen LogP contribution in [0.5, 0.6) is 11.5 Å². The van der Waals surface area contributed by atoms with Gasteiger partial charge in [-0.25, -0.2) is 4.98 Å². The van der Waals surface area contributed by atoms with Crippen molar-refractivity contribution >= 4 is 22.7 Å². The van der Waals surface area contributed by atoms with Crippen LogP contribution < -0.4 is 14.8 Å². The van der Waals surface area contributed by atoms with Crippen LogP contribution in [0.4, 0.5) is 14.5 Å². The molecule has 4 rings (SSSR count). The molecule has 154 valence electrons. The molecule has 8 nitrogen and oxygen atoms in total. The van der Waals surface area contributed by atoms with Gasteiger partial charge in [0.1, 0.15) is 5.69 Å². The number of furan rings is 1. The zero-order chi connectivity index (χ0) is 21.3. The van der Waals surface area contributed by atoms with Crippen LogP contribution in [0, 0.1) is 6.92 Å². The fourth-order valence-corrected chi connectivity index (χ4v) is 2.97. The maximum absolute atomic E-state index is 13.0. The standard InChI is InChI=1S/C20H15F2N3O5/c1-10-17-12(9-13(14-4-3-7-28-14)24-19(17)30-25-10)18(26)23-11-5-6-15(27-2)16(8-11)29-20(21)22/h3-9,20H,1-2H3,(H,23,26). The van der Waals surface area contributed by atoms with Crippen LogP contribution in [-0.2, 0) is 0 Å². The molecule has 0 unspecified atom stereocenters. The lowest BCUT2D eigenvalue weighted by Crippen LogP contribution is -2.13. The third-order valence-electron chi connectivity index (χ3n) is 4.27. The molecule has 10 heteroatoms. The number of amides is 1. The van der Waals surface area contributed by atoms with Crippen molar-refractivity contribution < 1.29 is 32.0 Å². The Hall–Kier alpha value is -3.95. The molecule has 1 aromatic carbocycles. The first kappa shape index (κ1) is 19.4. The summed E-state index contributed by atoms with van der Waals surface area (Å²) in [7, 11) is 1.32. The molecule has 0 aliphatic carbocycles. The molecule has 30 heavy (non-hydrogen) atoms. The Labute approximate surface area is 168 Å². The fraction of sp³-hybridized carbons (Fsp3) is 0.150. The molecule has 3 heterocycles. The van der Waals surface area contributed by atoms with Gasteiger partial charge in [-0.2, -0.15) is 8.78 Å². The minimum atomic E-state index is -3.04. The molecule has 4 aromatic rings. The summed E-state index contributed by atoms with van der Waals surface area (Å²) in [5.41, 5.74) is 1.49. The summed E-state index contributed by atoms with van der Waals surface area (Å²) in [6.07, 6.45) is 1.48. The minimum Gasteiger partial charge on any atom is -0.493 e. The summed E-state index contributed by atoms with van der Waals surface area (Å²) in [5, 5.41) is 6.96. The third kappa shape index (κ3) is 3.66. The lowest BCUT2D eigenvalue weighted by molar-refractivity contribution is -0.0511. The van der Waals surface area contributed by atoms with Crippen LogP contribution in [-0.4, -0.2) is 29.8 Å². The van der Waals surface area contributed by atoms with E-state index in [1.54, 1.807) is 25.1 Å². The number of nitrogens with zero attached hydrogens (tertiary/aromatic N) is 2. The number of aryl methyl sites for hydroxylation is 1. The number of methoxy groups -OCH3 is 1. The van der Waals surface area contributed by atoms with Crippen molar-refractivity contribution in [3.63, 3.8) is 0 Å². The number of alkyl halides is 2. The van der Waals surface area contributed by atoms with E-state index in [4.69, 9.17) is 13.7 Å². The molecule has 0 atom stereocenters. The number of fused-ring (bicyclic) bond motifs is 1. The minimum absolute atomic E-state index is 0.106. The first-order valence-electron chi connectivity index (χ1n) is 8.71. The van der Waals surface area contributed by atoms with Gasteiger partial charge in [0.2, 0.25) is 0 Å². The Bertz CT molecular complexity index is 1200. The lowest BCUT2D eigenvalue weighted by Gasteiger charge is -2.12. The fourth-order valence-electron chi connectivity index (χ4n) is 2.97. The Morgan fingerprint density at radius 1 is 1.20 bits per heavy atom. The Morgan fingerprint density at radius 2 is 2.03 bits per heavy atom. The highest BCUT2D eigenvalue weighted by Crippen LogP contribution is 2.32. The summed E-state index contributed by atoms with van der Waals surface area (Å²) in [4.78, 5) is 17.4. The van der Waals surface area contributed by atoms with Crippen molar-refractivity contribution in [3.05, 3.63) is 53.9 Å². The zero-order valence-electron chi connectivity index (χ0n) is 15.8. The zero-order valence-corrected chi connectivity index (χ0v) is 15.8. The second-order valence-corrected chi connectivity index (χ2v) is 6.18. The van der Waals surface area contributed by atoms with Crippen molar-refractivity contribution in [3.8, 4) is 23.0 Å². The highest BCUT2D eigenvalue weighted by molar-refractivity contribution is 6.13. The van der Waals surface area contributed by atoms with Gasteiger partial charge in [0.25, 0.3) is 11.6 Å². The first-order chi connectivity index (χ1) is 14.5. The average Bonchev–Trinajstić information content (AvgIpc) is 3.37. The summed E-state index contributed by atoms with van der Waals surface area (Å²) < 4.78 is 45.3. The number of carbonyl (C=O) groups excluding carboxylic acids is 1. The van der Waals surface area contributed by atoms with Gasteiger partial charge in [-0.3, -0.25) is 4.79 Å². The number of hydrogen-bond acceptors (Lipinski definition) is 7. The monoisotopic (exact) mass is 415 g/mol. The second kappa shape index (κ2) is 7.82. The molecule has 3 aromatic heterocycles. The van der Waals surface area contributed by atoms with E-state index in [9.17, 15) is 13.6 Å². The normalized spacial score (nSPS) is 11.1. The third-order valence-corrected chi connectivity index (χ3v) is 4.27. The van der Waals surface area contributed by atoms with Crippen LogP contribution in [0.3, 0.4) is 0 Å². The maximum Gasteiger partial charge on any atom is 0.387 e. The van der Waals surface area contributed by atoms with Crippen LogP contribution in [0.2, 0.25) is 0 Å². The number of nitrogens with one attached hydrogen (secondary N) is 1. The highest BCUT2D eigenvalue weighted by Gasteiger charge is 2.21. The molecule has 0 saturated heterocycles. The van der Waals surface area contributed by atoms with Gasteiger partial charge < -0.3 is 23.7 Å². The predicted molar refractivity (Wildman–Crippen MR) is 102 cm³/mol. The van der Waals surface area contributed by atoms with Crippen molar-refractivity contribution in [1.29, 1.82) is 0 Å². The van der Waals surface area contributed by atoms with E-state index >= 15 is 0 Å². The summed E-state index contributed by atoms with van der Waals surface area (Å²) in [5.74, 6) is -0.177. The Kier molecular flexibility index (Phi) is 5.05. The molecule has 0 radical (unpaired) electrons. The molecule has 0 aliphatic heterocycles. The second-order valence-electron chi connectivity index (χ2n) is 6.18. The number of carbonyl (C=O) groups is 1. The van der Waals surface area contributed by atoms with E-state index < -0.39 is 12.5 Å². The van der Waals surface area contributed by atoms with E-state index in [2.05, 4.69) is 20.2 Å². The Balaban J connectivity index is 1.72. The smallest absolute Gasteiger partial charge is 0.387 e. The quantitative estimate of drug-likeness (QED) is 0.489. The molecule has 0 spiro atoms. The molecular formula is C20H15F2N3O5. The summed E-state index contributed by atoms with van der Waals surface area (Å²) in [6, 6.07) is 9.08. The molecule has 0 fully saturated rings. The lowest BCUT2D eigenvalue weighted by atomic mass is 10.1. The molecule has 1 N–H and O–H groups in total. The topological polar surface area (TPSA) is 99.6 Å². The predicted octanol–water partition coefficient (Wildman–Crippen LogP) is 4.65. The van der Waals surface area contributed by atoms with Gasteiger partial charge >= 0.3 is 6.61 Å². The van der Waals surface area contributed by atoms with E-state index in [1.807, 2.05) is 0 Å². The number of halogens is 2. The number of benzene rings is 1. The van der Waals surface area contributed by atoms with Crippen LogP contribution in [0.25, 0.3) is 22.6 Å². The number of aromatic nitrogens is 2. The number of pyridine rings is 1. The van der Waals surface area contributed by atoms with Crippen LogP contribution in [0.1, 0.15) is 16.1 Å². The van der Waals surface area contributed by atoms with Gasteiger partial charge in [-0.15, -0.1) is 0 Å². The van der Waals surface area contributed by atoms with Crippen LogP contribution in [0.15, 0.2) is 51.6 Å². The van der Waals surface area contributed by atoms with Gasteiger partial charge in [-0.1, -0.05) is 5.16 Å². The van der Waals surface area contributed by atoms with Crippen molar-refractivity contribution in [2.24, 2.45) is 0 Å². The number of anilines is 1. The van der Waals surface area contributed by atoms with Gasteiger partial charge in [0.05, 0.1) is 30.0 Å². The molecule has 0 aliphatic rings. The van der Waals surface area contributed by atoms with Crippen molar-refractivity contribution in [1.82, 2.24) is 10.1 Å². The SMILES string of the molecule is COc1ccc(NC(=O)c2cc(-c3ccco3)nc3onc(C)c23)cc1OC(F)F. The first-order valence-corrected chi connectivity index (χ1v) is 8.71. The van der Waals surface area contributed by atoms with E-state index in [0.29, 0.717) is 22.5 Å². The van der Waals surface area contributed by atoms with E-state index in [-0.39, 0.29) is 28.5 Å². The maximum atomic E-state index is 13.0. The van der Waals surface area contributed by atoms with Crippen LogP contribution >= 0.6 is 0 Å². The number of rotatable bonds is 6. The molecular weight excluding hydrogens is 400 g/mol. The van der Waals surface area contributed by atoms with E-state index in [1.165, 1.54) is 31.6 Å². The van der Waals surface area contributed by atoms with E-state index in [0.717, 1.165) is 0 Å². The summed E-state index contributed by atoms with van der Waals surface area (Å²) in [6.45, 7) is -1.36. The Morgan fingerprint density at radius 3 is 2.73 bits per heavy atom. The number of ether oxygens (including phenoxy) is 2. The van der Waals surface area contributed by atoms with Crippen molar-refractivity contribution in [2.45, 2.75) is 13.5 Å². The molecule has 1 amide bonds. The average molecular weight is 415 g/mol. The molecule has 0 saturated carbocycles. The van der Waals surface area contributed by atoms with Gasteiger partial charge in [0.15, 0.2) is 17.3 Å². The summed E-state index contributed by atoms with van der Waals surface area (Å²) >= 11 is 0. The highest BCUT2D eigenvalue weighted by atomic mass is 19.3. The van der Waals surface area contributed by atoms with Crippen molar-refractivity contribution in [2.75, 3.05) is 12.4 Å².